The summed E-state index contributed by atoms with van der Waals surface area (Å²) >= 11 is 0. The van der Waals surface area contributed by atoms with E-state index in [-0.39, 0.29) is 5.41 Å². The number of hydrogen-bond donors (Lipinski definition) is 2. The lowest BCUT2D eigenvalue weighted by Crippen LogP contribution is -2.44. The Kier molecular flexibility index (Phi) is 10.9. The molecule has 4 heterocycles. The van der Waals surface area contributed by atoms with Gasteiger partial charge in [-0.1, -0.05) is 0 Å². The van der Waals surface area contributed by atoms with Gasteiger partial charge in [-0.05, 0) is 31.9 Å². The first-order valence-corrected chi connectivity index (χ1v) is 11.3. The van der Waals surface area contributed by atoms with Crippen LogP contribution in [0.3, 0.4) is 0 Å². The van der Waals surface area contributed by atoms with Crippen LogP contribution in [0.5, 0.6) is 0 Å². The molecule has 3 aliphatic heterocycles. The van der Waals surface area contributed by atoms with Gasteiger partial charge in [0, 0.05) is 56.7 Å². The Hall–Kier alpha value is -2.72. The number of aliphatic carboxylic acids is 2. The van der Waals surface area contributed by atoms with Gasteiger partial charge in [0.25, 0.3) is 0 Å². The molecule has 0 saturated carbocycles. The van der Waals surface area contributed by atoms with E-state index in [0.717, 1.165) is 52.0 Å². The summed E-state index contributed by atoms with van der Waals surface area (Å²) in [5.74, 6) is -4.68. The van der Waals surface area contributed by atoms with Crippen molar-refractivity contribution in [2.24, 2.45) is 5.41 Å². The van der Waals surface area contributed by atoms with Crippen LogP contribution >= 0.6 is 0 Å². The summed E-state index contributed by atoms with van der Waals surface area (Å²) in [4.78, 5) is 31.6. The number of nitrogens with zero attached hydrogens (tertiary/aromatic N) is 4. The molecule has 3 fully saturated rings. The molecule has 0 amide bonds. The van der Waals surface area contributed by atoms with Crippen LogP contribution in [-0.4, -0.2) is 108 Å². The number of aromatic nitrogens is 2. The van der Waals surface area contributed by atoms with Crippen LogP contribution in [0.25, 0.3) is 0 Å². The van der Waals surface area contributed by atoms with Crippen molar-refractivity contribution in [1.82, 2.24) is 14.9 Å². The van der Waals surface area contributed by atoms with E-state index in [4.69, 9.17) is 29.3 Å². The van der Waals surface area contributed by atoms with Crippen molar-refractivity contribution in [1.29, 1.82) is 0 Å². The minimum absolute atomic E-state index is 0.216. The third kappa shape index (κ3) is 9.92. The van der Waals surface area contributed by atoms with E-state index in [2.05, 4.69) is 19.8 Å². The highest BCUT2D eigenvalue weighted by Gasteiger charge is 2.43. The maximum absolute atomic E-state index is 10.6. The number of carboxylic acid groups (broad SMARTS) is 2. The number of hydrogen-bond acceptors (Lipinski definition) is 8. The van der Waals surface area contributed by atoms with E-state index in [0.29, 0.717) is 6.04 Å². The van der Waals surface area contributed by atoms with Gasteiger partial charge in [-0.25, -0.2) is 19.6 Å². The Morgan fingerprint density at radius 1 is 0.892 bits per heavy atom. The molecular formula is C21H28F6N4O6. The zero-order valence-corrected chi connectivity index (χ0v) is 19.7. The number of ether oxygens (including phenoxy) is 2. The van der Waals surface area contributed by atoms with Crippen molar-refractivity contribution in [3.05, 3.63) is 18.5 Å². The highest BCUT2D eigenvalue weighted by molar-refractivity contribution is 5.73. The smallest absolute Gasteiger partial charge is 0.475 e. The number of likely N-dealkylation sites (tertiary alicyclic amines) is 1. The fourth-order valence-corrected chi connectivity index (χ4v) is 4.20. The maximum atomic E-state index is 10.6. The average molecular weight is 546 g/mol. The molecule has 0 bridgehead atoms. The molecular weight excluding hydrogens is 518 g/mol. The SMILES string of the molecule is O=C(O)C(F)(F)F.O=C(O)C(F)(F)F.c1cnc(N2CCOCC3(CCN(C4CCOCC4)C3)C2)nc1. The number of carbonyl (C=O) groups is 2. The highest BCUT2D eigenvalue weighted by Crippen LogP contribution is 2.36. The van der Waals surface area contributed by atoms with Gasteiger partial charge in [0.1, 0.15) is 0 Å². The van der Waals surface area contributed by atoms with Crippen molar-refractivity contribution in [3.8, 4) is 0 Å². The van der Waals surface area contributed by atoms with Gasteiger partial charge >= 0.3 is 24.3 Å². The van der Waals surface area contributed by atoms with Crippen LogP contribution in [0, 0.1) is 5.41 Å². The maximum Gasteiger partial charge on any atom is 0.490 e. The number of halogens is 6. The highest BCUT2D eigenvalue weighted by atomic mass is 19.4. The molecule has 4 rings (SSSR count). The van der Waals surface area contributed by atoms with Crippen molar-refractivity contribution >= 4 is 17.9 Å². The van der Waals surface area contributed by atoms with Crippen LogP contribution < -0.4 is 4.90 Å². The van der Waals surface area contributed by atoms with Gasteiger partial charge in [0.05, 0.1) is 13.2 Å². The van der Waals surface area contributed by atoms with E-state index < -0.39 is 24.3 Å². The monoisotopic (exact) mass is 546 g/mol. The lowest BCUT2D eigenvalue weighted by Gasteiger charge is -2.35. The van der Waals surface area contributed by atoms with E-state index in [9.17, 15) is 26.3 Å². The average Bonchev–Trinajstić information content (AvgIpc) is 3.13. The van der Waals surface area contributed by atoms with E-state index in [1.165, 1.54) is 25.8 Å². The Bertz CT molecular complexity index is 845. The second-order valence-electron chi connectivity index (χ2n) is 8.69. The summed E-state index contributed by atoms with van der Waals surface area (Å²) in [6.45, 7) is 7.62. The third-order valence-corrected chi connectivity index (χ3v) is 5.94. The van der Waals surface area contributed by atoms with Crippen LogP contribution in [0.4, 0.5) is 32.3 Å². The second kappa shape index (κ2) is 13.2. The number of anilines is 1. The Balaban J connectivity index is 0.000000286. The van der Waals surface area contributed by atoms with Crippen LogP contribution in [0.1, 0.15) is 19.3 Å². The predicted molar refractivity (Wildman–Crippen MR) is 115 cm³/mol. The number of rotatable bonds is 2. The van der Waals surface area contributed by atoms with Gasteiger partial charge in [-0.3, -0.25) is 4.90 Å². The number of alkyl halides is 6. The first-order chi connectivity index (χ1) is 17.2. The molecule has 1 atom stereocenters. The van der Waals surface area contributed by atoms with E-state index >= 15 is 0 Å². The lowest BCUT2D eigenvalue weighted by molar-refractivity contribution is -0.193. The molecule has 1 unspecified atom stereocenters. The van der Waals surface area contributed by atoms with Crippen LogP contribution in [-0.2, 0) is 19.1 Å². The normalized spacial score (nSPS) is 23.4. The minimum atomic E-state index is -5.08. The van der Waals surface area contributed by atoms with Gasteiger partial charge in [-0.15, -0.1) is 0 Å². The number of carboxylic acids is 2. The molecule has 10 nitrogen and oxygen atoms in total. The summed E-state index contributed by atoms with van der Waals surface area (Å²) in [6, 6.07) is 2.56. The molecule has 2 N–H and O–H groups in total. The molecule has 1 aromatic heterocycles. The molecule has 37 heavy (non-hydrogen) atoms. The molecule has 0 aromatic carbocycles. The predicted octanol–water partition coefficient (Wildman–Crippen LogP) is 2.45. The van der Waals surface area contributed by atoms with Crippen molar-refractivity contribution in [2.75, 3.05) is 57.5 Å². The molecule has 0 aliphatic carbocycles. The van der Waals surface area contributed by atoms with E-state index in [1.807, 2.05) is 18.5 Å². The zero-order chi connectivity index (χ0) is 27.7. The van der Waals surface area contributed by atoms with Crippen LogP contribution in [0.15, 0.2) is 18.5 Å². The van der Waals surface area contributed by atoms with Crippen molar-refractivity contribution in [2.45, 2.75) is 37.7 Å². The van der Waals surface area contributed by atoms with Gasteiger partial charge in [0.2, 0.25) is 5.95 Å². The van der Waals surface area contributed by atoms with Gasteiger partial charge in [-0.2, -0.15) is 26.3 Å². The largest absolute Gasteiger partial charge is 0.490 e. The molecule has 1 aromatic rings. The summed E-state index contributed by atoms with van der Waals surface area (Å²) in [6.07, 6.45) is -2.98. The topological polar surface area (TPSA) is 125 Å². The molecule has 1 spiro atoms. The lowest BCUT2D eigenvalue weighted by atomic mass is 9.87. The Labute approximate surface area is 208 Å². The summed E-state index contributed by atoms with van der Waals surface area (Å²) in [7, 11) is 0. The van der Waals surface area contributed by atoms with Crippen LogP contribution in [0.2, 0.25) is 0 Å². The zero-order valence-electron chi connectivity index (χ0n) is 19.7. The first-order valence-electron chi connectivity index (χ1n) is 11.3. The third-order valence-electron chi connectivity index (χ3n) is 5.94. The summed E-state index contributed by atoms with van der Waals surface area (Å²) < 4.78 is 75.0. The second-order valence-corrected chi connectivity index (χ2v) is 8.69. The van der Waals surface area contributed by atoms with Crippen molar-refractivity contribution < 1.29 is 55.6 Å². The summed E-state index contributed by atoms with van der Waals surface area (Å²) in [5.41, 5.74) is 0.216. The fourth-order valence-electron chi connectivity index (χ4n) is 4.20. The molecule has 210 valence electrons. The summed E-state index contributed by atoms with van der Waals surface area (Å²) in [5, 5.41) is 14.2. The molecule has 0 radical (unpaired) electrons. The fraction of sp³-hybridized carbons (Fsp3) is 0.714. The van der Waals surface area contributed by atoms with E-state index in [1.54, 1.807) is 0 Å². The minimum Gasteiger partial charge on any atom is -0.475 e. The van der Waals surface area contributed by atoms with Gasteiger partial charge in [0.15, 0.2) is 0 Å². The van der Waals surface area contributed by atoms with Crippen molar-refractivity contribution in [3.63, 3.8) is 0 Å². The molecule has 3 saturated heterocycles. The molecule has 16 heteroatoms. The first kappa shape index (κ1) is 30.5. The Morgan fingerprint density at radius 2 is 1.43 bits per heavy atom. The van der Waals surface area contributed by atoms with Gasteiger partial charge < -0.3 is 24.6 Å². The Morgan fingerprint density at radius 3 is 1.95 bits per heavy atom. The standard InChI is InChI=1S/C17H26N4O2.2C2HF3O2/c1-5-18-16(19-6-1)21-8-11-23-14-17(13-21)4-7-20(12-17)15-2-9-22-10-3-15;2*3-2(4,5)1(6)7/h1,5-6,15H,2-4,7-14H2;2*(H,6,7). The quantitative estimate of drug-likeness (QED) is 0.535. The molecule has 3 aliphatic rings.